The van der Waals surface area contributed by atoms with Gasteiger partial charge in [-0.2, -0.15) is 5.10 Å². The van der Waals surface area contributed by atoms with Crippen molar-refractivity contribution in [2.75, 3.05) is 13.1 Å². The molecule has 126 valence electrons. The number of hydrogen-bond donors (Lipinski definition) is 0. The summed E-state index contributed by atoms with van der Waals surface area (Å²) in [7, 11) is 1.74. The number of amides is 2. The van der Waals surface area contributed by atoms with Crippen LogP contribution in [0.2, 0.25) is 5.15 Å². The fourth-order valence-electron chi connectivity index (χ4n) is 2.66. The highest BCUT2D eigenvalue weighted by Crippen LogP contribution is 2.21. The lowest BCUT2D eigenvalue weighted by molar-refractivity contribution is -0.134. The van der Waals surface area contributed by atoms with Gasteiger partial charge in [-0.1, -0.05) is 11.6 Å². The molecule has 0 atom stereocenters. The molecule has 0 bridgehead atoms. The minimum absolute atomic E-state index is 0.251. The van der Waals surface area contributed by atoms with E-state index < -0.39 is 0 Å². The van der Waals surface area contributed by atoms with Crippen LogP contribution in [0, 0.1) is 6.92 Å². The van der Waals surface area contributed by atoms with Crippen molar-refractivity contribution in [3.05, 3.63) is 46.6 Å². The molecule has 0 N–H and O–H groups in total. The zero-order chi connectivity index (χ0) is 17.3. The number of aryl methyl sites for hydroxylation is 2. The van der Waals surface area contributed by atoms with Gasteiger partial charge in [0.15, 0.2) is 0 Å². The van der Waals surface area contributed by atoms with E-state index in [0.29, 0.717) is 29.4 Å². The minimum Gasteiger partial charge on any atom is -0.472 e. The van der Waals surface area contributed by atoms with Gasteiger partial charge in [0.2, 0.25) is 0 Å². The van der Waals surface area contributed by atoms with Crippen LogP contribution in [0.25, 0.3) is 6.08 Å². The molecule has 0 aromatic carbocycles. The Bertz CT molecular complexity index is 795. The van der Waals surface area contributed by atoms with E-state index in [2.05, 4.69) is 5.10 Å². The third kappa shape index (κ3) is 2.94. The highest BCUT2D eigenvalue weighted by atomic mass is 35.5. The Morgan fingerprint density at radius 3 is 2.71 bits per heavy atom. The Kier molecular flexibility index (Phi) is 4.44. The van der Waals surface area contributed by atoms with Gasteiger partial charge in [0, 0.05) is 31.8 Å². The average molecular weight is 349 g/mol. The number of hydrogen-bond acceptors (Lipinski definition) is 4. The van der Waals surface area contributed by atoms with Crippen LogP contribution in [0.3, 0.4) is 0 Å². The number of hydrazine groups is 1. The minimum atomic E-state index is -0.274. The monoisotopic (exact) mass is 348 g/mol. The summed E-state index contributed by atoms with van der Waals surface area (Å²) < 4.78 is 6.48. The van der Waals surface area contributed by atoms with E-state index in [-0.39, 0.29) is 11.8 Å². The van der Waals surface area contributed by atoms with E-state index >= 15 is 0 Å². The molecular formula is C16H17ClN4O3. The van der Waals surface area contributed by atoms with Crippen LogP contribution in [0.4, 0.5) is 0 Å². The second kappa shape index (κ2) is 6.52. The second-order valence-corrected chi connectivity index (χ2v) is 5.86. The Morgan fingerprint density at radius 2 is 2.08 bits per heavy atom. The van der Waals surface area contributed by atoms with Crippen molar-refractivity contribution in [2.24, 2.45) is 7.05 Å². The highest BCUT2D eigenvalue weighted by molar-refractivity contribution is 6.31. The number of furan rings is 1. The fraction of sp³-hybridized carbons (Fsp3) is 0.312. The van der Waals surface area contributed by atoms with Gasteiger partial charge in [-0.3, -0.25) is 14.3 Å². The standard InChI is InChI=1S/C16H17ClN4O3/c1-11-13(15(17)19(2)18-11)4-5-14(22)20-7-3-8-21(20)16(23)12-6-9-24-10-12/h4-6,9-10H,3,7-8H2,1-2H3. The van der Waals surface area contributed by atoms with Gasteiger partial charge in [0.25, 0.3) is 11.8 Å². The molecule has 24 heavy (non-hydrogen) atoms. The lowest BCUT2D eigenvalue weighted by atomic mass is 10.2. The lowest BCUT2D eigenvalue weighted by Gasteiger charge is -2.26. The van der Waals surface area contributed by atoms with Crippen molar-refractivity contribution in [3.63, 3.8) is 0 Å². The lowest BCUT2D eigenvalue weighted by Crippen LogP contribution is -2.44. The molecule has 1 fully saturated rings. The van der Waals surface area contributed by atoms with Gasteiger partial charge in [0.1, 0.15) is 11.4 Å². The molecule has 0 unspecified atom stereocenters. The van der Waals surface area contributed by atoms with Crippen LogP contribution < -0.4 is 0 Å². The number of aromatic nitrogens is 2. The summed E-state index contributed by atoms with van der Waals surface area (Å²) in [5.74, 6) is -0.526. The van der Waals surface area contributed by atoms with E-state index in [0.717, 1.165) is 12.1 Å². The first-order chi connectivity index (χ1) is 11.5. The summed E-state index contributed by atoms with van der Waals surface area (Å²) in [5, 5.41) is 7.53. The summed E-state index contributed by atoms with van der Waals surface area (Å²) in [6.07, 6.45) is 6.58. The highest BCUT2D eigenvalue weighted by Gasteiger charge is 2.30. The van der Waals surface area contributed by atoms with E-state index in [1.807, 2.05) is 6.92 Å². The molecular weight excluding hydrogens is 332 g/mol. The van der Waals surface area contributed by atoms with Crippen molar-refractivity contribution >= 4 is 29.5 Å². The van der Waals surface area contributed by atoms with E-state index in [1.165, 1.54) is 28.6 Å². The Balaban J connectivity index is 1.76. The molecule has 3 rings (SSSR count). The van der Waals surface area contributed by atoms with Gasteiger partial charge < -0.3 is 4.42 Å². The van der Waals surface area contributed by atoms with Crippen LogP contribution in [0.5, 0.6) is 0 Å². The summed E-state index contributed by atoms with van der Waals surface area (Å²) in [4.78, 5) is 24.9. The molecule has 1 saturated heterocycles. The molecule has 0 spiro atoms. The van der Waals surface area contributed by atoms with Crippen molar-refractivity contribution in [1.82, 2.24) is 19.8 Å². The number of carbonyl (C=O) groups is 2. The van der Waals surface area contributed by atoms with Gasteiger partial charge in [-0.15, -0.1) is 0 Å². The molecule has 8 heteroatoms. The maximum Gasteiger partial charge on any atom is 0.275 e. The molecule has 2 amide bonds. The van der Waals surface area contributed by atoms with Crippen LogP contribution >= 0.6 is 11.6 Å². The number of rotatable bonds is 3. The zero-order valence-corrected chi connectivity index (χ0v) is 14.2. The Labute approximate surface area is 144 Å². The fourth-order valence-corrected chi connectivity index (χ4v) is 2.90. The topological polar surface area (TPSA) is 71.6 Å². The van der Waals surface area contributed by atoms with Gasteiger partial charge in [-0.05, 0) is 25.5 Å². The second-order valence-electron chi connectivity index (χ2n) is 5.50. The summed E-state index contributed by atoms with van der Waals surface area (Å²) in [6.45, 7) is 2.81. The zero-order valence-electron chi connectivity index (χ0n) is 13.4. The number of carbonyl (C=O) groups excluding carboxylic acids is 2. The molecule has 0 saturated carbocycles. The molecule has 2 aromatic heterocycles. The van der Waals surface area contributed by atoms with E-state index in [1.54, 1.807) is 23.9 Å². The SMILES string of the molecule is Cc1nn(C)c(Cl)c1C=CC(=O)N1CCCN1C(=O)c1ccoc1. The molecule has 7 nitrogen and oxygen atoms in total. The largest absolute Gasteiger partial charge is 0.472 e. The van der Waals surface area contributed by atoms with E-state index in [9.17, 15) is 9.59 Å². The Morgan fingerprint density at radius 1 is 1.33 bits per heavy atom. The maximum atomic E-state index is 12.5. The van der Waals surface area contributed by atoms with Crippen molar-refractivity contribution in [3.8, 4) is 0 Å². The smallest absolute Gasteiger partial charge is 0.275 e. The molecule has 2 aromatic rings. The van der Waals surface area contributed by atoms with Crippen LogP contribution in [0.15, 0.2) is 29.1 Å². The third-order valence-electron chi connectivity index (χ3n) is 3.88. The Hall–Kier alpha value is -2.54. The van der Waals surface area contributed by atoms with Crippen LogP contribution in [0.1, 0.15) is 28.0 Å². The molecule has 1 aliphatic heterocycles. The van der Waals surface area contributed by atoms with E-state index in [4.69, 9.17) is 16.0 Å². The van der Waals surface area contributed by atoms with Crippen molar-refractivity contribution in [1.29, 1.82) is 0 Å². The molecule has 3 heterocycles. The first-order valence-corrected chi connectivity index (χ1v) is 7.89. The molecule has 0 radical (unpaired) electrons. The first-order valence-electron chi connectivity index (χ1n) is 7.51. The predicted molar refractivity (Wildman–Crippen MR) is 88.1 cm³/mol. The summed E-state index contributed by atoms with van der Waals surface area (Å²) >= 11 is 6.15. The normalized spacial score (nSPS) is 14.8. The van der Waals surface area contributed by atoms with Crippen molar-refractivity contribution < 1.29 is 14.0 Å². The van der Waals surface area contributed by atoms with Crippen LogP contribution in [-0.4, -0.2) is 44.7 Å². The molecule has 1 aliphatic rings. The molecule has 0 aliphatic carbocycles. The summed E-state index contributed by atoms with van der Waals surface area (Å²) in [5.41, 5.74) is 1.85. The number of nitrogens with zero attached hydrogens (tertiary/aromatic N) is 4. The average Bonchev–Trinajstić information content (AvgIpc) is 3.28. The van der Waals surface area contributed by atoms with Gasteiger partial charge in [0.05, 0.1) is 17.5 Å². The predicted octanol–water partition coefficient (Wildman–Crippen LogP) is 2.28. The maximum absolute atomic E-state index is 12.5. The van der Waals surface area contributed by atoms with Crippen molar-refractivity contribution in [2.45, 2.75) is 13.3 Å². The van der Waals surface area contributed by atoms with Gasteiger partial charge >= 0.3 is 0 Å². The van der Waals surface area contributed by atoms with Crippen LogP contribution in [-0.2, 0) is 11.8 Å². The summed E-state index contributed by atoms with van der Waals surface area (Å²) in [6, 6.07) is 1.58. The first kappa shape index (κ1) is 16.3. The quantitative estimate of drug-likeness (QED) is 0.798. The third-order valence-corrected chi connectivity index (χ3v) is 4.33. The number of halogens is 1. The van der Waals surface area contributed by atoms with Gasteiger partial charge in [-0.25, -0.2) is 10.0 Å².